The SMILES string of the molecule is CC1CCN(CC2CCN(c3ccc4c(c3)C(=O)N(CC(N)=O)C4=O)CC2)CC1. The van der Waals surface area contributed by atoms with E-state index in [-0.39, 0.29) is 6.54 Å². The first kappa shape index (κ1) is 19.9. The quantitative estimate of drug-likeness (QED) is 0.763. The zero-order chi connectivity index (χ0) is 20.5. The molecule has 2 saturated heterocycles. The Morgan fingerprint density at radius 3 is 2.31 bits per heavy atom. The van der Waals surface area contributed by atoms with Crippen molar-refractivity contribution in [2.75, 3.05) is 44.2 Å². The number of likely N-dealkylation sites (tertiary alicyclic amines) is 1. The molecule has 0 spiro atoms. The van der Waals surface area contributed by atoms with Gasteiger partial charge in [0.25, 0.3) is 11.8 Å². The van der Waals surface area contributed by atoms with Crippen LogP contribution in [0.15, 0.2) is 18.2 Å². The second-order valence-corrected chi connectivity index (χ2v) is 8.81. The van der Waals surface area contributed by atoms with E-state index in [2.05, 4.69) is 16.7 Å². The minimum absolute atomic E-state index is 0.356. The molecule has 0 aliphatic carbocycles. The van der Waals surface area contributed by atoms with Crippen LogP contribution < -0.4 is 10.6 Å². The van der Waals surface area contributed by atoms with Gasteiger partial charge in [-0.2, -0.15) is 0 Å². The van der Waals surface area contributed by atoms with Crippen LogP contribution in [0.5, 0.6) is 0 Å². The molecule has 7 nitrogen and oxygen atoms in total. The van der Waals surface area contributed by atoms with Gasteiger partial charge in [-0.15, -0.1) is 0 Å². The lowest BCUT2D eigenvalue weighted by Crippen LogP contribution is -2.41. The summed E-state index contributed by atoms with van der Waals surface area (Å²) < 4.78 is 0. The molecular weight excluding hydrogens is 368 g/mol. The number of rotatable bonds is 5. The van der Waals surface area contributed by atoms with Crippen molar-refractivity contribution in [3.63, 3.8) is 0 Å². The van der Waals surface area contributed by atoms with Gasteiger partial charge in [-0.1, -0.05) is 6.92 Å². The van der Waals surface area contributed by atoms with Crippen molar-refractivity contribution in [1.29, 1.82) is 0 Å². The predicted octanol–water partition coefficient (Wildman–Crippen LogP) is 1.72. The number of benzene rings is 1. The highest BCUT2D eigenvalue weighted by Gasteiger charge is 2.37. The number of anilines is 1. The molecule has 0 radical (unpaired) electrons. The molecule has 4 rings (SSSR count). The molecule has 7 heteroatoms. The summed E-state index contributed by atoms with van der Waals surface area (Å²) in [5.74, 6) is 0.0273. The average molecular weight is 399 g/mol. The fourth-order valence-corrected chi connectivity index (χ4v) is 4.76. The summed E-state index contributed by atoms with van der Waals surface area (Å²) in [5, 5.41) is 0. The minimum Gasteiger partial charge on any atom is -0.371 e. The van der Waals surface area contributed by atoms with Crippen LogP contribution in [-0.4, -0.2) is 66.8 Å². The Kier molecular flexibility index (Phi) is 5.58. The number of carbonyl (C=O) groups excluding carboxylic acids is 3. The maximum Gasteiger partial charge on any atom is 0.262 e. The molecule has 0 unspecified atom stereocenters. The van der Waals surface area contributed by atoms with Crippen LogP contribution in [0.4, 0.5) is 5.69 Å². The molecule has 0 aromatic heterocycles. The highest BCUT2D eigenvalue weighted by molar-refractivity contribution is 6.22. The molecule has 0 saturated carbocycles. The minimum atomic E-state index is -0.690. The molecular formula is C22H30N4O3. The Balaban J connectivity index is 1.37. The van der Waals surface area contributed by atoms with Gasteiger partial charge in [0.1, 0.15) is 6.54 Å². The van der Waals surface area contributed by atoms with E-state index in [9.17, 15) is 14.4 Å². The molecule has 1 aromatic carbocycles. The van der Waals surface area contributed by atoms with E-state index in [4.69, 9.17) is 5.73 Å². The van der Waals surface area contributed by atoms with Crippen LogP contribution in [0.3, 0.4) is 0 Å². The van der Waals surface area contributed by atoms with Crippen LogP contribution in [0, 0.1) is 11.8 Å². The summed E-state index contributed by atoms with van der Waals surface area (Å²) in [4.78, 5) is 41.9. The molecule has 0 bridgehead atoms. The van der Waals surface area contributed by atoms with Crippen molar-refractivity contribution in [3.05, 3.63) is 29.3 Å². The first-order valence-electron chi connectivity index (χ1n) is 10.7. The third kappa shape index (κ3) is 4.15. The largest absolute Gasteiger partial charge is 0.371 e. The zero-order valence-electron chi connectivity index (χ0n) is 17.1. The lowest BCUT2D eigenvalue weighted by atomic mass is 9.93. The average Bonchev–Trinajstić information content (AvgIpc) is 2.94. The van der Waals surface area contributed by atoms with Crippen LogP contribution in [0.2, 0.25) is 0 Å². The van der Waals surface area contributed by atoms with Crippen molar-refractivity contribution < 1.29 is 14.4 Å². The first-order chi connectivity index (χ1) is 13.9. The van der Waals surface area contributed by atoms with Crippen molar-refractivity contribution in [2.24, 2.45) is 17.6 Å². The van der Waals surface area contributed by atoms with Gasteiger partial charge in [-0.3, -0.25) is 19.3 Å². The molecule has 2 N–H and O–H groups in total. The zero-order valence-corrected chi connectivity index (χ0v) is 17.1. The smallest absolute Gasteiger partial charge is 0.262 e. The van der Waals surface area contributed by atoms with Crippen LogP contribution >= 0.6 is 0 Å². The van der Waals surface area contributed by atoms with E-state index in [0.29, 0.717) is 11.1 Å². The number of imide groups is 1. The number of amides is 3. The standard InChI is InChI=1S/C22H30N4O3/c1-15-4-8-24(9-5-15)13-16-6-10-25(11-7-16)17-2-3-18-19(12-17)22(29)26(21(18)28)14-20(23)27/h2-3,12,15-16H,4-11,13-14H2,1H3,(H2,23,27). The van der Waals surface area contributed by atoms with Crippen molar-refractivity contribution in [3.8, 4) is 0 Å². The van der Waals surface area contributed by atoms with E-state index in [1.807, 2.05) is 6.07 Å². The van der Waals surface area contributed by atoms with Gasteiger partial charge in [-0.05, 0) is 68.8 Å². The molecule has 1 aromatic rings. The molecule has 3 aliphatic heterocycles. The Morgan fingerprint density at radius 2 is 1.66 bits per heavy atom. The number of carbonyl (C=O) groups is 3. The van der Waals surface area contributed by atoms with Gasteiger partial charge in [0.2, 0.25) is 5.91 Å². The van der Waals surface area contributed by atoms with Gasteiger partial charge in [-0.25, -0.2) is 0 Å². The summed E-state index contributed by atoms with van der Waals surface area (Å²) in [6.07, 6.45) is 4.91. The monoisotopic (exact) mass is 398 g/mol. The number of primary amides is 1. The van der Waals surface area contributed by atoms with Crippen LogP contribution in [0.1, 0.15) is 53.3 Å². The van der Waals surface area contributed by atoms with E-state index in [0.717, 1.165) is 48.4 Å². The van der Waals surface area contributed by atoms with E-state index >= 15 is 0 Å². The Labute approximate surface area is 171 Å². The van der Waals surface area contributed by atoms with Gasteiger partial charge in [0.05, 0.1) is 11.1 Å². The van der Waals surface area contributed by atoms with Gasteiger partial charge < -0.3 is 15.5 Å². The van der Waals surface area contributed by atoms with Crippen molar-refractivity contribution in [1.82, 2.24) is 9.80 Å². The van der Waals surface area contributed by atoms with E-state index in [1.54, 1.807) is 12.1 Å². The predicted molar refractivity (Wildman–Crippen MR) is 111 cm³/mol. The third-order valence-electron chi connectivity index (χ3n) is 6.64. The summed E-state index contributed by atoms with van der Waals surface area (Å²) in [6, 6.07) is 5.40. The first-order valence-corrected chi connectivity index (χ1v) is 10.7. The van der Waals surface area contributed by atoms with E-state index in [1.165, 1.54) is 32.5 Å². The summed E-state index contributed by atoms with van der Waals surface area (Å²) in [5.41, 5.74) is 6.87. The number of nitrogens with zero attached hydrogens (tertiary/aromatic N) is 3. The van der Waals surface area contributed by atoms with Crippen molar-refractivity contribution in [2.45, 2.75) is 32.6 Å². The lowest BCUT2D eigenvalue weighted by molar-refractivity contribution is -0.118. The molecule has 3 heterocycles. The maximum atomic E-state index is 12.5. The number of hydrogen-bond acceptors (Lipinski definition) is 5. The Morgan fingerprint density at radius 1 is 1.00 bits per heavy atom. The summed E-state index contributed by atoms with van der Waals surface area (Å²) in [6.45, 7) is 7.54. The fraction of sp³-hybridized carbons (Fsp3) is 0.591. The molecule has 156 valence electrons. The number of hydrogen-bond donors (Lipinski definition) is 1. The van der Waals surface area contributed by atoms with Gasteiger partial charge in [0.15, 0.2) is 0 Å². The Hall–Kier alpha value is -2.41. The summed E-state index contributed by atoms with van der Waals surface area (Å²) in [7, 11) is 0. The lowest BCUT2D eigenvalue weighted by Gasteiger charge is -2.38. The second-order valence-electron chi connectivity index (χ2n) is 8.81. The topological polar surface area (TPSA) is 86.9 Å². The number of fused-ring (bicyclic) bond motifs is 1. The molecule has 3 aliphatic rings. The van der Waals surface area contributed by atoms with Crippen LogP contribution in [-0.2, 0) is 4.79 Å². The Bertz CT molecular complexity index is 808. The number of piperidine rings is 2. The molecule has 0 atom stereocenters. The highest BCUT2D eigenvalue weighted by atomic mass is 16.2. The maximum absolute atomic E-state index is 12.5. The number of nitrogens with two attached hydrogens (primary N) is 1. The molecule has 29 heavy (non-hydrogen) atoms. The van der Waals surface area contributed by atoms with Gasteiger partial charge >= 0.3 is 0 Å². The fourth-order valence-electron chi connectivity index (χ4n) is 4.76. The molecule has 2 fully saturated rings. The third-order valence-corrected chi connectivity index (χ3v) is 6.64. The molecule has 3 amide bonds. The van der Waals surface area contributed by atoms with Crippen molar-refractivity contribution >= 4 is 23.4 Å². The highest BCUT2D eigenvalue weighted by Crippen LogP contribution is 2.30. The van der Waals surface area contributed by atoms with E-state index < -0.39 is 17.7 Å². The summed E-state index contributed by atoms with van der Waals surface area (Å²) >= 11 is 0. The van der Waals surface area contributed by atoms with Gasteiger partial charge in [0, 0.05) is 25.3 Å². The van der Waals surface area contributed by atoms with Crippen LogP contribution in [0.25, 0.3) is 0 Å². The second kappa shape index (κ2) is 8.14. The normalized spacial score (nSPS) is 21.7.